The summed E-state index contributed by atoms with van der Waals surface area (Å²) in [4.78, 5) is 26.7. The Kier molecular flexibility index (Phi) is 4.68. The molecule has 7 heteroatoms. The maximum absolute atomic E-state index is 12.7. The van der Waals surface area contributed by atoms with Gasteiger partial charge in [0, 0.05) is 23.6 Å². The van der Waals surface area contributed by atoms with Gasteiger partial charge in [0.05, 0.1) is 24.3 Å². The summed E-state index contributed by atoms with van der Waals surface area (Å²) in [5.74, 6) is 0.844. The molecule has 0 spiro atoms. The normalized spacial score (nSPS) is 21.5. The molecule has 1 aliphatic heterocycles. The molecular formula is C20H23ClN4O2. The third-order valence-electron chi connectivity index (χ3n) is 5.61. The number of fused-ring (bicyclic) bond motifs is 1. The van der Waals surface area contributed by atoms with Gasteiger partial charge < -0.3 is 10.6 Å². The summed E-state index contributed by atoms with van der Waals surface area (Å²) >= 11 is 6.09. The lowest BCUT2D eigenvalue weighted by Gasteiger charge is -2.35. The van der Waals surface area contributed by atoms with Crippen molar-refractivity contribution in [3.63, 3.8) is 0 Å². The number of rotatable bonds is 4. The SMILES string of the molecule is CC1CC(CC(=O)N2CCn3nc(-c4cccc(Cl)c4)c(C(N)=O)c3C2)C1. The summed E-state index contributed by atoms with van der Waals surface area (Å²) in [5, 5.41) is 5.16. The Labute approximate surface area is 163 Å². The zero-order valence-electron chi connectivity index (χ0n) is 15.3. The van der Waals surface area contributed by atoms with Crippen molar-refractivity contribution >= 4 is 23.4 Å². The van der Waals surface area contributed by atoms with E-state index in [1.807, 2.05) is 17.0 Å². The van der Waals surface area contributed by atoms with Gasteiger partial charge in [-0.2, -0.15) is 5.10 Å². The van der Waals surface area contributed by atoms with Crippen LogP contribution in [0.5, 0.6) is 0 Å². The van der Waals surface area contributed by atoms with E-state index in [0.717, 1.165) is 24.3 Å². The van der Waals surface area contributed by atoms with Crippen molar-refractivity contribution in [2.45, 2.75) is 39.3 Å². The van der Waals surface area contributed by atoms with Crippen molar-refractivity contribution in [1.82, 2.24) is 14.7 Å². The first-order valence-corrected chi connectivity index (χ1v) is 9.73. The lowest BCUT2D eigenvalue weighted by Crippen LogP contribution is -2.40. The van der Waals surface area contributed by atoms with Crippen LogP contribution in [0.1, 0.15) is 42.2 Å². The van der Waals surface area contributed by atoms with Crippen molar-refractivity contribution in [2.75, 3.05) is 6.54 Å². The number of carbonyl (C=O) groups is 2. The van der Waals surface area contributed by atoms with Gasteiger partial charge in [-0.1, -0.05) is 30.7 Å². The topological polar surface area (TPSA) is 81.2 Å². The van der Waals surface area contributed by atoms with Gasteiger partial charge in [-0.15, -0.1) is 0 Å². The fourth-order valence-electron chi connectivity index (χ4n) is 4.24. The van der Waals surface area contributed by atoms with Crippen LogP contribution in [0, 0.1) is 11.8 Å². The molecule has 2 N–H and O–H groups in total. The van der Waals surface area contributed by atoms with Gasteiger partial charge in [-0.25, -0.2) is 0 Å². The molecule has 1 saturated carbocycles. The molecule has 1 aliphatic carbocycles. The fraction of sp³-hybridized carbons (Fsp3) is 0.450. The monoisotopic (exact) mass is 386 g/mol. The molecule has 1 aromatic heterocycles. The molecule has 1 fully saturated rings. The Hall–Kier alpha value is -2.34. The Bertz CT molecular complexity index is 901. The molecule has 0 radical (unpaired) electrons. The standard InChI is InChI=1S/C20H23ClN4O2/c1-12-7-13(8-12)9-17(26)24-5-6-25-16(11-24)18(20(22)27)19(23-25)14-3-2-4-15(21)10-14/h2-4,10,12-13H,5-9,11H2,1H3,(H2,22,27). The molecule has 2 aromatic rings. The Morgan fingerprint density at radius 2 is 2.07 bits per heavy atom. The van der Waals surface area contributed by atoms with Crippen LogP contribution in [-0.2, 0) is 17.9 Å². The van der Waals surface area contributed by atoms with Crippen LogP contribution in [0.25, 0.3) is 11.3 Å². The molecule has 142 valence electrons. The first kappa shape index (κ1) is 18.0. The summed E-state index contributed by atoms with van der Waals surface area (Å²) in [6.45, 7) is 3.75. The fourth-order valence-corrected chi connectivity index (χ4v) is 4.43. The molecule has 1 aromatic carbocycles. The van der Waals surface area contributed by atoms with Crippen LogP contribution in [0.2, 0.25) is 5.02 Å². The zero-order valence-corrected chi connectivity index (χ0v) is 16.1. The molecule has 0 saturated heterocycles. The first-order valence-electron chi connectivity index (χ1n) is 9.35. The highest BCUT2D eigenvalue weighted by atomic mass is 35.5. The van der Waals surface area contributed by atoms with Gasteiger partial charge in [-0.05, 0) is 36.8 Å². The highest BCUT2D eigenvalue weighted by molar-refractivity contribution is 6.30. The predicted octanol–water partition coefficient (Wildman–Crippen LogP) is 3.08. The molecule has 0 unspecified atom stereocenters. The van der Waals surface area contributed by atoms with Gasteiger partial charge in [0.15, 0.2) is 0 Å². The number of amides is 2. The lowest BCUT2D eigenvalue weighted by atomic mass is 9.74. The molecule has 2 aliphatic rings. The second-order valence-corrected chi connectivity index (χ2v) is 8.17. The number of benzene rings is 1. The second kappa shape index (κ2) is 7.00. The molecular weight excluding hydrogens is 364 g/mol. The Morgan fingerprint density at radius 3 is 2.74 bits per heavy atom. The quantitative estimate of drug-likeness (QED) is 0.876. The predicted molar refractivity (Wildman–Crippen MR) is 103 cm³/mol. The Balaban J connectivity index is 1.61. The molecule has 6 nitrogen and oxygen atoms in total. The number of nitrogens with zero attached hydrogens (tertiary/aromatic N) is 3. The molecule has 2 amide bonds. The minimum atomic E-state index is -0.534. The van der Waals surface area contributed by atoms with E-state index in [-0.39, 0.29) is 5.91 Å². The maximum Gasteiger partial charge on any atom is 0.252 e. The van der Waals surface area contributed by atoms with E-state index in [0.29, 0.717) is 53.9 Å². The number of halogens is 1. The molecule has 27 heavy (non-hydrogen) atoms. The van der Waals surface area contributed by atoms with Crippen molar-refractivity contribution < 1.29 is 9.59 Å². The average Bonchev–Trinajstić information content (AvgIpc) is 2.99. The van der Waals surface area contributed by atoms with Crippen LogP contribution in [0.4, 0.5) is 0 Å². The van der Waals surface area contributed by atoms with E-state index in [1.54, 1.807) is 16.8 Å². The minimum Gasteiger partial charge on any atom is -0.365 e. The number of hydrogen-bond donors (Lipinski definition) is 1. The van der Waals surface area contributed by atoms with Crippen LogP contribution in [0.3, 0.4) is 0 Å². The van der Waals surface area contributed by atoms with Crippen molar-refractivity contribution in [3.05, 3.63) is 40.5 Å². The van der Waals surface area contributed by atoms with Gasteiger partial charge in [0.2, 0.25) is 5.91 Å². The maximum atomic E-state index is 12.7. The largest absolute Gasteiger partial charge is 0.365 e. The smallest absolute Gasteiger partial charge is 0.252 e. The van der Waals surface area contributed by atoms with Gasteiger partial charge in [0.25, 0.3) is 5.91 Å². The van der Waals surface area contributed by atoms with E-state index in [9.17, 15) is 9.59 Å². The van der Waals surface area contributed by atoms with Gasteiger partial charge >= 0.3 is 0 Å². The van der Waals surface area contributed by atoms with Crippen molar-refractivity contribution in [2.24, 2.45) is 17.6 Å². The number of hydrogen-bond acceptors (Lipinski definition) is 3. The minimum absolute atomic E-state index is 0.152. The first-order chi connectivity index (χ1) is 12.9. The summed E-state index contributed by atoms with van der Waals surface area (Å²) in [7, 11) is 0. The third kappa shape index (κ3) is 3.46. The van der Waals surface area contributed by atoms with Gasteiger partial charge in [0.1, 0.15) is 5.69 Å². The lowest BCUT2D eigenvalue weighted by molar-refractivity contribution is -0.134. The highest BCUT2D eigenvalue weighted by Crippen LogP contribution is 2.36. The van der Waals surface area contributed by atoms with Crippen LogP contribution in [-0.4, -0.2) is 33.0 Å². The van der Waals surface area contributed by atoms with E-state index >= 15 is 0 Å². The highest BCUT2D eigenvalue weighted by Gasteiger charge is 2.32. The third-order valence-corrected chi connectivity index (χ3v) is 5.85. The average molecular weight is 387 g/mol. The summed E-state index contributed by atoms with van der Waals surface area (Å²) in [6, 6.07) is 7.21. The van der Waals surface area contributed by atoms with Crippen molar-refractivity contribution in [3.8, 4) is 11.3 Å². The van der Waals surface area contributed by atoms with E-state index in [4.69, 9.17) is 17.3 Å². The van der Waals surface area contributed by atoms with E-state index in [2.05, 4.69) is 12.0 Å². The number of carbonyl (C=O) groups excluding carboxylic acids is 2. The number of primary amides is 1. The molecule has 0 bridgehead atoms. The molecule has 0 atom stereocenters. The summed E-state index contributed by atoms with van der Waals surface area (Å²) < 4.78 is 1.80. The summed E-state index contributed by atoms with van der Waals surface area (Å²) in [6.07, 6.45) is 2.84. The number of nitrogens with two attached hydrogens (primary N) is 1. The van der Waals surface area contributed by atoms with Crippen LogP contribution in [0.15, 0.2) is 24.3 Å². The zero-order chi connectivity index (χ0) is 19.1. The van der Waals surface area contributed by atoms with E-state index < -0.39 is 5.91 Å². The van der Waals surface area contributed by atoms with Crippen LogP contribution < -0.4 is 5.73 Å². The van der Waals surface area contributed by atoms with E-state index in [1.165, 1.54) is 0 Å². The summed E-state index contributed by atoms with van der Waals surface area (Å²) in [5.41, 5.74) is 8.05. The second-order valence-electron chi connectivity index (χ2n) is 7.73. The molecule has 4 rings (SSSR count). The number of aromatic nitrogens is 2. The van der Waals surface area contributed by atoms with Gasteiger partial charge in [-0.3, -0.25) is 14.3 Å². The Morgan fingerprint density at radius 1 is 1.30 bits per heavy atom. The van der Waals surface area contributed by atoms with Crippen LogP contribution >= 0.6 is 11.6 Å². The van der Waals surface area contributed by atoms with Crippen molar-refractivity contribution in [1.29, 1.82) is 0 Å². The molecule has 2 heterocycles.